The van der Waals surface area contributed by atoms with E-state index in [9.17, 15) is 4.79 Å². The molecule has 9 nitrogen and oxygen atoms in total. The Labute approximate surface area is 169 Å². The van der Waals surface area contributed by atoms with E-state index in [1.54, 1.807) is 36.6 Å². The normalized spacial score (nSPS) is 19.7. The number of methoxy groups -OCH3 is 1. The summed E-state index contributed by atoms with van der Waals surface area (Å²) < 4.78 is 6.87. The minimum Gasteiger partial charge on any atom is -0.383 e. The Balaban J connectivity index is 1.44. The van der Waals surface area contributed by atoms with Gasteiger partial charge in [0, 0.05) is 44.3 Å². The van der Waals surface area contributed by atoms with Gasteiger partial charge < -0.3 is 19.9 Å². The van der Waals surface area contributed by atoms with Crippen molar-refractivity contribution >= 4 is 16.9 Å². The molecule has 3 aromatic rings. The molecule has 154 valence electrons. The molecule has 0 radical (unpaired) electrons. The van der Waals surface area contributed by atoms with E-state index in [-0.39, 0.29) is 11.9 Å². The van der Waals surface area contributed by atoms with Gasteiger partial charge in [0.05, 0.1) is 17.6 Å². The van der Waals surface area contributed by atoms with Crippen molar-refractivity contribution in [1.82, 2.24) is 34.7 Å². The Morgan fingerprint density at radius 1 is 1.34 bits per heavy atom. The molecule has 1 saturated carbocycles. The lowest BCUT2D eigenvalue weighted by molar-refractivity contribution is 0.0893. The zero-order valence-corrected chi connectivity index (χ0v) is 16.8. The first-order valence-corrected chi connectivity index (χ1v) is 9.99. The lowest BCUT2D eigenvalue weighted by Gasteiger charge is -2.34. The third-order valence-electron chi connectivity index (χ3n) is 5.65. The summed E-state index contributed by atoms with van der Waals surface area (Å²) in [6.07, 6.45) is 10.9. The van der Waals surface area contributed by atoms with Crippen LogP contribution in [0.25, 0.3) is 17.0 Å². The van der Waals surface area contributed by atoms with Crippen LogP contribution in [0.5, 0.6) is 0 Å². The molecule has 29 heavy (non-hydrogen) atoms. The van der Waals surface area contributed by atoms with Crippen LogP contribution in [0.3, 0.4) is 0 Å². The number of hydrogen-bond donors (Lipinski definition) is 2. The average molecular weight is 397 g/mol. The summed E-state index contributed by atoms with van der Waals surface area (Å²) in [4.78, 5) is 31.5. The molecule has 0 spiro atoms. The van der Waals surface area contributed by atoms with Crippen molar-refractivity contribution in [2.45, 2.75) is 37.8 Å². The second kappa shape index (κ2) is 8.71. The second-order valence-electron chi connectivity index (χ2n) is 7.53. The van der Waals surface area contributed by atoms with Gasteiger partial charge in [-0.3, -0.25) is 9.36 Å². The molecule has 0 atom stereocenters. The summed E-state index contributed by atoms with van der Waals surface area (Å²) in [6.45, 7) is 1.67. The molecule has 9 heteroatoms. The fourth-order valence-electron chi connectivity index (χ4n) is 3.92. The molecule has 3 aromatic heterocycles. The van der Waals surface area contributed by atoms with Crippen molar-refractivity contribution < 1.29 is 9.53 Å². The van der Waals surface area contributed by atoms with Crippen molar-refractivity contribution in [2.75, 3.05) is 27.3 Å². The Kier molecular flexibility index (Phi) is 5.86. The Hall–Kier alpha value is -2.78. The molecule has 3 heterocycles. The number of ether oxygens (including phenoxy) is 1. The Morgan fingerprint density at radius 2 is 2.17 bits per heavy atom. The molecular formula is C20H27N7O2. The highest BCUT2D eigenvalue weighted by molar-refractivity contribution is 6.03. The number of nitrogens with one attached hydrogen (secondary N) is 2. The van der Waals surface area contributed by atoms with Crippen molar-refractivity contribution in [3.63, 3.8) is 0 Å². The zero-order valence-electron chi connectivity index (χ0n) is 16.8. The highest BCUT2D eigenvalue weighted by Crippen LogP contribution is 2.23. The summed E-state index contributed by atoms with van der Waals surface area (Å²) >= 11 is 0. The Morgan fingerprint density at radius 3 is 2.90 bits per heavy atom. The number of aromatic amines is 1. The number of aromatic nitrogens is 5. The minimum atomic E-state index is -0.169. The van der Waals surface area contributed by atoms with Gasteiger partial charge in [-0.1, -0.05) is 0 Å². The lowest BCUT2D eigenvalue weighted by Crippen LogP contribution is -2.43. The molecule has 4 rings (SSSR count). The largest absolute Gasteiger partial charge is 0.383 e. The molecule has 1 fully saturated rings. The number of amides is 1. The SMILES string of the molecule is COCCN(C)[C@H]1CC[C@H](NC(=O)c2nc(-n3ccnc3)nc3cc[nH]c23)CC1. The summed E-state index contributed by atoms with van der Waals surface area (Å²) in [5, 5.41) is 3.17. The highest BCUT2D eigenvalue weighted by Gasteiger charge is 2.26. The second-order valence-corrected chi connectivity index (χ2v) is 7.53. The van der Waals surface area contributed by atoms with Crippen molar-refractivity contribution in [3.05, 3.63) is 36.7 Å². The van der Waals surface area contributed by atoms with E-state index in [0.29, 0.717) is 28.7 Å². The first-order chi connectivity index (χ1) is 14.2. The van der Waals surface area contributed by atoms with Crippen molar-refractivity contribution in [1.29, 1.82) is 0 Å². The predicted octanol–water partition coefficient (Wildman–Crippen LogP) is 1.76. The van der Waals surface area contributed by atoms with Gasteiger partial charge in [-0.15, -0.1) is 0 Å². The zero-order chi connectivity index (χ0) is 20.2. The molecule has 0 saturated heterocycles. The van der Waals surface area contributed by atoms with Gasteiger partial charge >= 0.3 is 0 Å². The fraction of sp³-hybridized carbons (Fsp3) is 0.500. The number of fused-ring (bicyclic) bond motifs is 1. The molecule has 0 bridgehead atoms. The average Bonchev–Trinajstić information content (AvgIpc) is 3.43. The van der Waals surface area contributed by atoms with E-state index in [0.717, 1.165) is 38.8 Å². The van der Waals surface area contributed by atoms with Crippen LogP contribution < -0.4 is 5.32 Å². The first-order valence-electron chi connectivity index (χ1n) is 9.99. The molecule has 2 N–H and O–H groups in total. The summed E-state index contributed by atoms with van der Waals surface area (Å²) in [6, 6.07) is 2.54. The molecular weight excluding hydrogens is 370 g/mol. The molecule has 1 aliphatic carbocycles. The minimum absolute atomic E-state index is 0.159. The van der Waals surface area contributed by atoms with Crippen LogP contribution in [0.15, 0.2) is 31.0 Å². The highest BCUT2D eigenvalue weighted by atomic mass is 16.5. The van der Waals surface area contributed by atoms with Gasteiger partial charge in [0.15, 0.2) is 5.69 Å². The van der Waals surface area contributed by atoms with Gasteiger partial charge in [0.25, 0.3) is 5.91 Å². The van der Waals surface area contributed by atoms with Gasteiger partial charge in [-0.2, -0.15) is 0 Å². The molecule has 0 aromatic carbocycles. The monoisotopic (exact) mass is 397 g/mol. The van der Waals surface area contributed by atoms with Gasteiger partial charge in [0.2, 0.25) is 5.95 Å². The van der Waals surface area contributed by atoms with Crippen LogP contribution in [0.4, 0.5) is 0 Å². The predicted molar refractivity (Wildman–Crippen MR) is 109 cm³/mol. The molecule has 1 amide bonds. The van der Waals surface area contributed by atoms with Crippen molar-refractivity contribution in [2.24, 2.45) is 0 Å². The summed E-state index contributed by atoms with van der Waals surface area (Å²) in [7, 11) is 3.87. The Bertz CT molecular complexity index is 945. The fourth-order valence-corrected chi connectivity index (χ4v) is 3.92. The molecule has 1 aliphatic rings. The number of imidazole rings is 1. The number of likely N-dealkylation sites (N-methyl/N-ethyl adjacent to an activating group) is 1. The number of carbonyl (C=O) groups is 1. The van der Waals surface area contributed by atoms with Crippen LogP contribution >= 0.6 is 0 Å². The molecule has 0 unspecified atom stereocenters. The van der Waals surface area contributed by atoms with E-state index >= 15 is 0 Å². The maximum absolute atomic E-state index is 13.0. The van der Waals surface area contributed by atoms with Crippen LogP contribution in [-0.2, 0) is 4.74 Å². The van der Waals surface area contributed by atoms with E-state index < -0.39 is 0 Å². The van der Waals surface area contributed by atoms with E-state index in [4.69, 9.17) is 4.74 Å². The number of hydrogen-bond acceptors (Lipinski definition) is 6. The molecule has 0 aliphatic heterocycles. The summed E-state index contributed by atoms with van der Waals surface area (Å²) in [5.41, 5.74) is 1.72. The van der Waals surface area contributed by atoms with Gasteiger partial charge in [-0.25, -0.2) is 15.0 Å². The first kappa shape index (κ1) is 19.5. The van der Waals surface area contributed by atoms with Crippen molar-refractivity contribution in [3.8, 4) is 5.95 Å². The number of H-pyrrole nitrogens is 1. The number of nitrogens with zero attached hydrogens (tertiary/aromatic N) is 5. The third kappa shape index (κ3) is 4.30. The van der Waals surface area contributed by atoms with E-state index in [2.05, 4.69) is 37.2 Å². The van der Waals surface area contributed by atoms with Gasteiger partial charge in [-0.05, 0) is 38.8 Å². The maximum Gasteiger partial charge on any atom is 0.272 e. The van der Waals surface area contributed by atoms with Gasteiger partial charge in [0.1, 0.15) is 6.33 Å². The van der Waals surface area contributed by atoms with E-state index in [1.807, 2.05) is 6.07 Å². The third-order valence-corrected chi connectivity index (χ3v) is 5.65. The smallest absolute Gasteiger partial charge is 0.272 e. The maximum atomic E-state index is 13.0. The quantitative estimate of drug-likeness (QED) is 0.630. The number of carbonyl (C=O) groups excluding carboxylic acids is 1. The standard InChI is InChI=1S/C20H27N7O2/c1-26(11-12-29-2)15-5-3-14(4-6-15)23-19(28)18-17-16(7-8-22-17)24-20(25-18)27-10-9-21-13-27/h7-10,13-15,22H,3-6,11-12H2,1-2H3,(H,23,28)/t14-,15-. The van der Waals surface area contributed by atoms with Crippen LogP contribution in [0, 0.1) is 0 Å². The van der Waals surface area contributed by atoms with E-state index in [1.165, 1.54) is 0 Å². The topological polar surface area (TPSA) is 101 Å². The van der Waals surface area contributed by atoms with Crippen LogP contribution in [0.2, 0.25) is 0 Å². The van der Waals surface area contributed by atoms with Crippen LogP contribution in [0.1, 0.15) is 36.2 Å². The summed E-state index contributed by atoms with van der Waals surface area (Å²) in [5.74, 6) is 0.264. The number of rotatable bonds is 7. The lowest BCUT2D eigenvalue weighted by atomic mass is 9.90. The van der Waals surface area contributed by atoms with Crippen LogP contribution in [-0.4, -0.2) is 74.7 Å².